The molecule has 2 unspecified atom stereocenters. The Morgan fingerprint density at radius 2 is 2.12 bits per heavy atom. The minimum Gasteiger partial charge on any atom is -0.378 e. The van der Waals surface area contributed by atoms with Crippen molar-refractivity contribution < 1.29 is 27.5 Å². The molecule has 0 aromatic heterocycles. The number of hydrogen-bond donors (Lipinski definition) is 1. The minimum absolute atomic E-state index is 0.00607. The van der Waals surface area contributed by atoms with Crippen LogP contribution in [0.25, 0.3) is 0 Å². The predicted molar refractivity (Wildman–Crippen MR) is 84.8 cm³/mol. The molecular weight excluding hydrogens is 339 g/mol. The summed E-state index contributed by atoms with van der Waals surface area (Å²) in [5, 5.41) is 3.20. The van der Waals surface area contributed by atoms with Crippen LogP contribution in [0, 0.1) is 5.92 Å². The third-order valence-electron chi connectivity index (χ3n) is 4.61. The lowest BCUT2D eigenvalue weighted by atomic mass is 9.95. The van der Waals surface area contributed by atoms with Gasteiger partial charge in [-0.25, -0.2) is 0 Å². The third kappa shape index (κ3) is 6.14. The standard InChI is InChI=1S/C16H26F3N3O3/c1-2-21(11-16(17,18)19)15(24)12-4-3-6-22(9-12)14(23)8-13-10-25-7-5-20-13/h12-13,20H,2-11H2,1H3. The zero-order chi connectivity index (χ0) is 18.4. The van der Waals surface area contributed by atoms with E-state index in [0.29, 0.717) is 39.1 Å². The highest BCUT2D eigenvalue weighted by Crippen LogP contribution is 2.23. The van der Waals surface area contributed by atoms with Gasteiger partial charge < -0.3 is 19.9 Å². The van der Waals surface area contributed by atoms with Crippen molar-refractivity contribution in [2.45, 2.75) is 38.4 Å². The van der Waals surface area contributed by atoms with Crippen molar-refractivity contribution in [2.75, 3.05) is 45.9 Å². The van der Waals surface area contributed by atoms with Crippen LogP contribution in [0.3, 0.4) is 0 Å². The highest BCUT2D eigenvalue weighted by atomic mass is 19.4. The molecule has 0 aromatic rings. The lowest BCUT2D eigenvalue weighted by Gasteiger charge is -2.36. The van der Waals surface area contributed by atoms with E-state index in [1.54, 1.807) is 4.90 Å². The Morgan fingerprint density at radius 3 is 2.72 bits per heavy atom. The van der Waals surface area contributed by atoms with Crippen LogP contribution in [-0.2, 0) is 14.3 Å². The number of halogens is 3. The number of ether oxygens (including phenoxy) is 1. The molecule has 25 heavy (non-hydrogen) atoms. The van der Waals surface area contributed by atoms with E-state index >= 15 is 0 Å². The first-order chi connectivity index (χ1) is 11.8. The Hall–Kier alpha value is -1.35. The Kier molecular flexibility index (Phi) is 7.06. The summed E-state index contributed by atoms with van der Waals surface area (Å²) in [4.78, 5) is 27.3. The zero-order valence-corrected chi connectivity index (χ0v) is 14.5. The normalized spacial score (nSPS) is 24.9. The van der Waals surface area contributed by atoms with Crippen LogP contribution < -0.4 is 5.32 Å². The van der Waals surface area contributed by atoms with Gasteiger partial charge in [0.25, 0.3) is 0 Å². The van der Waals surface area contributed by atoms with Crippen LogP contribution in [0.5, 0.6) is 0 Å². The molecule has 0 bridgehead atoms. The number of piperidine rings is 1. The van der Waals surface area contributed by atoms with Crippen molar-refractivity contribution in [3.05, 3.63) is 0 Å². The second-order valence-corrected chi connectivity index (χ2v) is 6.58. The largest absolute Gasteiger partial charge is 0.406 e. The quantitative estimate of drug-likeness (QED) is 0.790. The lowest BCUT2D eigenvalue weighted by molar-refractivity contribution is -0.164. The summed E-state index contributed by atoms with van der Waals surface area (Å²) in [6.07, 6.45) is -2.99. The van der Waals surface area contributed by atoms with Crippen LogP contribution in [-0.4, -0.2) is 79.8 Å². The summed E-state index contributed by atoms with van der Waals surface area (Å²) >= 11 is 0. The number of carbonyl (C=O) groups is 2. The number of nitrogens with zero attached hydrogens (tertiary/aromatic N) is 2. The van der Waals surface area contributed by atoms with E-state index in [9.17, 15) is 22.8 Å². The van der Waals surface area contributed by atoms with E-state index in [4.69, 9.17) is 4.74 Å². The number of morpholine rings is 1. The number of carbonyl (C=O) groups excluding carboxylic acids is 2. The fourth-order valence-electron chi connectivity index (χ4n) is 3.32. The maximum absolute atomic E-state index is 12.6. The molecule has 0 spiro atoms. The van der Waals surface area contributed by atoms with E-state index in [2.05, 4.69) is 5.32 Å². The topological polar surface area (TPSA) is 61.9 Å². The smallest absolute Gasteiger partial charge is 0.378 e. The number of nitrogens with one attached hydrogen (secondary N) is 1. The van der Waals surface area contributed by atoms with Gasteiger partial charge in [0.1, 0.15) is 6.54 Å². The molecule has 144 valence electrons. The van der Waals surface area contributed by atoms with Crippen LogP contribution in [0.15, 0.2) is 0 Å². The van der Waals surface area contributed by atoms with Gasteiger partial charge in [-0.15, -0.1) is 0 Å². The van der Waals surface area contributed by atoms with Crippen molar-refractivity contribution in [1.29, 1.82) is 0 Å². The molecule has 0 aliphatic carbocycles. The van der Waals surface area contributed by atoms with Crippen molar-refractivity contribution in [3.8, 4) is 0 Å². The van der Waals surface area contributed by atoms with E-state index < -0.39 is 24.5 Å². The molecule has 2 saturated heterocycles. The third-order valence-corrected chi connectivity index (χ3v) is 4.61. The van der Waals surface area contributed by atoms with Gasteiger partial charge in [0, 0.05) is 38.6 Å². The van der Waals surface area contributed by atoms with Gasteiger partial charge in [-0.2, -0.15) is 13.2 Å². The van der Waals surface area contributed by atoms with Gasteiger partial charge in [-0.3, -0.25) is 9.59 Å². The fraction of sp³-hybridized carbons (Fsp3) is 0.875. The first kappa shape index (κ1) is 20.0. The SMILES string of the molecule is CCN(CC(F)(F)F)C(=O)C1CCCN(C(=O)CC2COCCN2)C1. The average Bonchev–Trinajstić information content (AvgIpc) is 2.59. The van der Waals surface area contributed by atoms with Gasteiger partial charge in [0.2, 0.25) is 11.8 Å². The molecule has 2 amide bonds. The molecule has 0 saturated carbocycles. The van der Waals surface area contributed by atoms with Crippen molar-refractivity contribution >= 4 is 11.8 Å². The maximum atomic E-state index is 12.6. The first-order valence-corrected chi connectivity index (χ1v) is 8.74. The Bertz CT molecular complexity index is 467. The van der Waals surface area contributed by atoms with Crippen LogP contribution >= 0.6 is 0 Å². The Morgan fingerprint density at radius 1 is 1.36 bits per heavy atom. The monoisotopic (exact) mass is 365 g/mol. The average molecular weight is 365 g/mol. The molecule has 2 fully saturated rings. The summed E-state index contributed by atoms with van der Waals surface area (Å²) < 4.78 is 43.1. The molecule has 2 atom stereocenters. The highest BCUT2D eigenvalue weighted by Gasteiger charge is 2.36. The predicted octanol–water partition coefficient (Wildman–Crippen LogP) is 1.01. The Balaban J connectivity index is 1.90. The van der Waals surface area contributed by atoms with Crippen LogP contribution in [0.2, 0.25) is 0 Å². The lowest BCUT2D eigenvalue weighted by Crippen LogP contribution is -2.50. The molecule has 0 radical (unpaired) electrons. The number of likely N-dealkylation sites (tertiary alicyclic amines) is 1. The van der Waals surface area contributed by atoms with Gasteiger partial charge in [0.15, 0.2) is 0 Å². The van der Waals surface area contributed by atoms with Gasteiger partial charge in [0.05, 0.1) is 19.1 Å². The van der Waals surface area contributed by atoms with E-state index in [1.807, 2.05) is 0 Å². The summed E-state index contributed by atoms with van der Waals surface area (Å²) in [6.45, 7) is 2.82. The van der Waals surface area contributed by atoms with E-state index in [-0.39, 0.29) is 31.5 Å². The molecule has 2 heterocycles. The molecule has 1 N–H and O–H groups in total. The summed E-state index contributed by atoms with van der Waals surface area (Å²) in [5.41, 5.74) is 0. The van der Waals surface area contributed by atoms with Crippen LogP contribution in [0.4, 0.5) is 13.2 Å². The second kappa shape index (κ2) is 8.84. The van der Waals surface area contributed by atoms with Gasteiger partial charge in [-0.1, -0.05) is 0 Å². The van der Waals surface area contributed by atoms with Gasteiger partial charge in [-0.05, 0) is 19.8 Å². The van der Waals surface area contributed by atoms with Crippen LogP contribution in [0.1, 0.15) is 26.2 Å². The molecular formula is C16H26F3N3O3. The number of alkyl halides is 3. The Labute approximate surface area is 145 Å². The first-order valence-electron chi connectivity index (χ1n) is 8.74. The van der Waals surface area contributed by atoms with E-state index in [1.165, 1.54) is 6.92 Å². The van der Waals surface area contributed by atoms with Crippen molar-refractivity contribution in [2.24, 2.45) is 5.92 Å². The fourth-order valence-corrected chi connectivity index (χ4v) is 3.32. The highest BCUT2D eigenvalue weighted by molar-refractivity contribution is 5.81. The molecule has 2 rings (SSSR count). The molecule has 6 nitrogen and oxygen atoms in total. The minimum atomic E-state index is -4.41. The second-order valence-electron chi connectivity index (χ2n) is 6.58. The number of hydrogen-bond acceptors (Lipinski definition) is 4. The molecule has 2 aliphatic heterocycles. The maximum Gasteiger partial charge on any atom is 0.406 e. The zero-order valence-electron chi connectivity index (χ0n) is 14.5. The molecule has 0 aromatic carbocycles. The van der Waals surface area contributed by atoms with Crippen molar-refractivity contribution in [3.63, 3.8) is 0 Å². The summed E-state index contributed by atoms with van der Waals surface area (Å²) in [5.74, 6) is -1.16. The van der Waals surface area contributed by atoms with Crippen molar-refractivity contribution in [1.82, 2.24) is 15.1 Å². The molecule has 2 aliphatic rings. The van der Waals surface area contributed by atoms with Gasteiger partial charge >= 0.3 is 6.18 Å². The number of amides is 2. The summed E-state index contributed by atoms with van der Waals surface area (Å²) in [7, 11) is 0. The number of rotatable bonds is 5. The van der Waals surface area contributed by atoms with E-state index in [0.717, 1.165) is 4.90 Å². The molecule has 9 heteroatoms. The summed E-state index contributed by atoms with van der Waals surface area (Å²) in [6, 6.07) is -0.0466.